The molecule has 2 aliphatic rings. The molecule has 1 unspecified atom stereocenters. The predicted molar refractivity (Wildman–Crippen MR) is 80.5 cm³/mol. The van der Waals surface area contributed by atoms with Gasteiger partial charge in [-0.1, -0.05) is 43.2 Å². The zero-order valence-electron chi connectivity index (χ0n) is 12.5. The third-order valence-electron chi connectivity index (χ3n) is 4.74. The van der Waals surface area contributed by atoms with Crippen molar-refractivity contribution < 1.29 is 9.59 Å². The molecule has 1 saturated carbocycles. The second kappa shape index (κ2) is 5.51. The number of nitrogens with zero attached hydrogens (tertiary/aromatic N) is 1. The van der Waals surface area contributed by atoms with Gasteiger partial charge in [0.15, 0.2) is 0 Å². The van der Waals surface area contributed by atoms with Crippen LogP contribution in [-0.2, 0) is 15.1 Å². The van der Waals surface area contributed by atoms with Gasteiger partial charge in [0, 0.05) is 6.54 Å². The average Bonchev–Trinajstić information content (AvgIpc) is 2.98. The molecule has 1 atom stereocenters. The maximum Gasteiger partial charge on any atom is 0.253 e. The molecule has 1 N–H and O–H groups in total. The van der Waals surface area contributed by atoms with E-state index in [1.807, 2.05) is 37.3 Å². The van der Waals surface area contributed by atoms with Gasteiger partial charge in [-0.25, -0.2) is 0 Å². The fourth-order valence-corrected chi connectivity index (χ4v) is 3.55. The lowest BCUT2D eigenvalue weighted by Gasteiger charge is -2.41. The van der Waals surface area contributed by atoms with E-state index in [9.17, 15) is 9.59 Å². The van der Waals surface area contributed by atoms with E-state index in [0.29, 0.717) is 12.5 Å². The van der Waals surface area contributed by atoms with Crippen molar-refractivity contribution >= 4 is 11.8 Å². The minimum absolute atomic E-state index is 0.0141. The zero-order chi connectivity index (χ0) is 14.9. The molecule has 1 aliphatic carbocycles. The van der Waals surface area contributed by atoms with Gasteiger partial charge in [-0.15, -0.1) is 0 Å². The topological polar surface area (TPSA) is 49.4 Å². The molecule has 1 saturated heterocycles. The van der Waals surface area contributed by atoms with E-state index in [1.165, 1.54) is 25.7 Å². The number of hydrogen-bond donors (Lipinski definition) is 1. The highest BCUT2D eigenvalue weighted by Gasteiger charge is 2.44. The molecular formula is C17H22N2O2. The first kappa shape index (κ1) is 14.1. The fourth-order valence-electron chi connectivity index (χ4n) is 3.55. The number of nitrogens with one attached hydrogen (secondary N) is 1. The molecule has 1 aromatic rings. The van der Waals surface area contributed by atoms with Gasteiger partial charge in [0.25, 0.3) is 5.91 Å². The van der Waals surface area contributed by atoms with Crippen molar-refractivity contribution in [2.24, 2.45) is 5.92 Å². The van der Waals surface area contributed by atoms with Gasteiger partial charge in [0.1, 0.15) is 5.54 Å². The summed E-state index contributed by atoms with van der Waals surface area (Å²) >= 11 is 0. The number of hydrogen-bond acceptors (Lipinski definition) is 2. The largest absolute Gasteiger partial charge is 0.337 e. The lowest BCUT2D eigenvalue weighted by molar-refractivity contribution is -0.150. The molecule has 2 fully saturated rings. The van der Waals surface area contributed by atoms with Crippen LogP contribution in [0.2, 0.25) is 0 Å². The second-order valence-electron chi connectivity index (χ2n) is 6.38. The van der Waals surface area contributed by atoms with Crippen LogP contribution < -0.4 is 5.32 Å². The van der Waals surface area contributed by atoms with Crippen LogP contribution in [0.1, 0.15) is 38.2 Å². The Kier molecular flexibility index (Phi) is 3.70. The first-order valence-electron chi connectivity index (χ1n) is 7.75. The minimum atomic E-state index is -0.935. The van der Waals surface area contributed by atoms with Crippen molar-refractivity contribution in [3.8, 4) is 0 Å². The Morgan fingerprint density at radius 1 is 1.19 bits per heavy atom. The first-order valence-corrected chi connectivity index (χ1v) is 7.75. The van der Waals surface area contributed by atoms with Crippen LogP contribution in [-0.4, -0.2) is 29.8 Å². The molecule has 4 heteroatoms. The fraction of sp³-hybridized carbons (Fsp3) is 0.529. The van der Waals surface area contributed by atoms with Crippen molar-refractivity contribution in [2.75, 3.05) is 13.1 Å². The summed E-state index contributed by atoms with van der Waals surface area (Å²) in [4.78, 5) is 26.7. The molecule has 4 nitrogen and oxygen atoms in total. The molecule has 0 radical (unpaired) electrons. The molecule has 1 heterocycles. The Morgan fingerprint density at radius 3 is 2.52 bits per heavy atom. The van der Waals surface area contributed by atoms with Crippen molar-refractivity contribution in [2.45, 2.75) is 38.1 Å². The average molecular weight is 286 g/mol. The smallest absolute Gasteiger partial charge is 0.253 e. The van der Waals surface area contributed by atoms with Crippen LogP contribution in [0.15, 0.2) is 30.3 Å². The third-order valence-corrected chi connectivity index (χ3v) is 4.74. The van der Waals surface area contributed by atoms with Gasteiger partial charge in [-0.2, -0.15) is 0 Å². The number of rotatable bonds is 3. The van der Waals surface area contributed by atoms with Crippen LogP contribution in [0, 0.1) is 5.92 Å². The van der Waals surface area contributed by atoms with Crippen LogP contribution in [0.3, 0.4) is 0 Å². The Labute approximate surface area is 125 Å². The van der Waals surface area contributed by atoms with Crippen LogP contribution in [0.25, 0.3) is 0 Å². The number of piperazine rings is 1. The summed E-state index contributed by atoms with van der Waals surface area (Å²) in [5.74, 6) is 0.499. The van der Waals surface area contributed by atoms with Crippen LogP contribution in [0.5, 0.6) is 0 Å². The third kappa shape index (κ3) is 2.67. The van der Waals surface area contributed by atoms with Gasteiger partial charge >= 0.3 is 0 Å². The van der Waals surface area contributed by atoms with Crippen molar-refractivity contribution in [3.63, 3.8) is 0 Å². The Morgan fingerprint density at radius 2 is 1.86 bits per heavy atom. The molecule has 1 aliphatic heterocycles. The van der Waals surface area contributed by atoms with E-state index in [4.69, 9.17) is 0 Å². The van der Waals surface area contributed by atoms with Crippen LogP contribution >= 0.6 is 0 Å². The van der Waals surface area contributed by atoms with E-state index in [0.717, 1.165) is 5.56 Å². The summed E-state index contributed by atoms with van der Waals surface area (Å²) in [5, 5.41) is 2.88. The maximum absolute atomic E-state index is 12.9. The normalized spacial score (nSPS) is 27.0. The monoisotopic (exact) mass is 286 g/mol. The van der Waals surface area contributed by atoms with E-state index in [-0.39, 0.29) is 18.4 Å². The Hall–Kier alpha value is -1.84. The SMILES string of the molecule is CC1(c2ccccc2)NC(=O)CN(CC2CCCC2)C1=O. The van der Waals surface area contributed by atoms with Gasteiger partial charge < -0.3 is 10.2 Å². The molecule has 112 valence electrons. The number of benzene rings is 1. The highest BCUT2D eigenvalue weighted by Crippen LogP contribution is 2.30. The lowest BCUT2D eigenvalue weighted by atomic mass is 9.88. The van der Waals surface area contributed by atoms with Crippen molar-refractivity contribution in [1.82, 2.24) is 10.2 Å². The summed E-state index contributed by atoms with van der Waals surface area (Å²) < 4.78 is 0. The van der Waals surface area contributed by atoms with Gasteiger partial charge in [0.05, 0.1) is 6.54 Å². The van der Waals surface area contributed by atoms with Gasteiger partial charge in [0.2, 0.25) is 5.91 Å². The molecule has 3 rings (SSSR count). The summed E-state index contributed by atoms with van der Waals surface area (Å²) in [6, 6.07) is 9.51. The maximum atomic E-state index is 12.9. The van der Waals surface area contributed by atoms with Gasteiger partial charge in [-0.3, -0.25) is 9.59 Å². The predicted octanol–water partition coefficient (Wildman–Crippen LogP) is 2.05. The van der Waals surface area contributed by atoms with Crippen molar-refractivity contribution in [3.05, 3.63) is 35.9 Å². The number of carbonyl (C=O) groups is 2. The van der Waals surface area contributed by atoms with E-state index in [2.05, 4.69) is 5.32 Å². The summed E-state index contributed by atoms with van der Waals surface area (Å²) in [7, 11) is 0. The highest BCUT2D eigenvalue weighted by molar-refractivity contribution is 5.98. The highest BCUT2D eigenvalue weighted by atomic mass is 16.2. The van der Waals surface area contributed by atoms with E-state index < -0.39 is 5.54 Å². The van der Waals surface area contributed by atoms with Crippen LogP contribution in [0.4, 0.5) is 0 Å². The van der Waals surface area contributed by atoms with Gasteiger partial charge in [-0.05, 0) is 31.2 Å². The Balaban J connectivity index is 1.84. The van der Waals surface area contributed by atoms with E-state index in [1.54, 1.807) is 4.90 Å². The molecule has 21 heavy (non-hydrogen) atoms. The Bertz CT molecular complexity index is 537. The molecule has 0 spiro atoms. The van der Waals surface area contributed by atoms with Crippen molar-refractivity contribution in [1.29, 1.82) is 0 Å². The lowest BCUT2D eigenvalue weighted by Crippen LogP contribution is -2.63. The molecular weight excluding hydrogens is 264 g/mol. The number of carbonyl (C=O) groups excluding carboxylic acids is 2. The molecule has 2 amide bonds. The van der Waals surface area contributed by atoms with E-state index >= 15 is 0 Å². The summed E-state index contributed by atoms with van der Waals surface area (Å²) in [6.07, 6.45) is 4.84. The minimum Gasteiger partial charge on any atom is -0.337 e. The first-order chi connectivity index (χ1) is 10.1. The quantitative estimate of drug-likeness (QED) is 0.924. The summed E-state index contributed by atoms with van der Waals surface area (Å²) in [6.45, 7) is 2.72. The standard InChI is InChI=1S/C17H22N2O2/c1-17(14-9-3-2-4-10-14)16(21)19(12-15(20)18-17)11-13-7-5-6-8-13/h2-4,9-10,13H,5-8,11-12H2,1H3,(H,18,20). The zero-order valence-corrected chi connectivity index (χ0v) is 12.5. The number of amides is 2. The summed E-state index contributed by atoms with van der Waals surface area (Å²) in [5.41, 5.74) is -0.0886. The molecule has 0 aromatic heterocycles. The second-order valence-corrected chi connectivity index (χ2v) is 6.38. The molecule has 1 aromatic carbocycles. The molecule has 0 bridgehead atoms.